The van der Waals surface area contributed by atoms with E-state index in [1.807, 2.05) is 24.5 Å². The van der Waals surface area contributed by atoms with Gasteiger partial charge in [-0.1, -0.05) is 34.8 Å². The molecule has 0 radical (unpaired) electrons. The van der Waals surface area contributed by atoms with Gasteiger partial charge in [-0.15, -0.1) is 0 Å². The van der Waals surface area contributed by atoms with E-state index < -0.39 is 5.97 Å². The molecule has 1 aromatic heterocycles. The molecule has 0 aliphatic carbocycles. The van der Waals surface area contributed by atoms with Crippen LogP contribution in [-0.4, -0.2) is 21.9 Å². The Morgan fingerprint density at radius 3 is 2.37 bits per heavy atom. The van der Waals surface area contributed by atoms with Crippen molar-refractivity contribution >= 4 is 52.7 Å². The molecule has 3 aromatic rings. The third kappa shape index (κ3) is 4.03. The molecule has 2 aromatic carbocycles. The number of aryl methyl sites for hydroxylation is 1. The van der Waals surface area contributed by atoms with Gasteiger partial charge in [0.1, 0.15) is 0 Å². The summed E-state index contributed by atoms with van der Waals surface area (Å²) < 4.78 is 1.99. The lowest BCUT2D eigenvalue weighted by atomic mass is 10.2. The monoisotopic (exact) mass is 420 g/mol. The maximum Gasteiger partial charge on any atom is 0.337 e. The standard InChI is InChI=1S/C20H15Cl3N2O2/c1-11-7-13(10-24-14-3-6-17(21)19(23)8-14)12(2)25(11)15-4-5-16(20(26)27)18(22)9-15/h3-10H,1-2H3,(H,26,27). The number of hydrogen-bond acceptors (Lipinski definition) is 2. The minimum Gasteiger partial charge on any atom is -0.478 e. The molecule has 0 spiro atoms. The van der Waals surface area contributed by atoms with E-state index in [2.05, 4.69) is 4.99 Å². The van der Waals surface area contributed by atoms with E-state index in [1.54, 1.807) is 36.5 Å². The second-order valence-electron chi connectivity index (χ2n) is 5.99. The molecule has 1 heterocycles. The van der Waals surface area contributed by atoms with Crippen LogP contribution in [-0.2, 0) is 0 Å². The number of halogens is 3. The predicted octanol–water partition coefficient (Wildman–Crippen LogP) is 6.50. The van der Waals surface area contributed by atoms with Crippen LogP contribution in [0.4, 0.5) is 5.69 Å². The molecule has 0 unspecified atom stereocenters. The third-order valence-corrected chi connectivity index (χ3v) is 5.22. The zero-order valence-electron chi connectivity index (χ0n) is 14.5. The number of carboxylic acid groups (broad SMARTS) is 1. The Morgan fingerprint density at radius 1 is 1.00 bits per heavy atom. The molecule has 0 atom stereocenters. The van der Waals surface area contributed by atoms with E-state index >= 15 is 0 Å². The number of carboxylic acids is 1. The minimum absolute atomic E-state index is 0.0734. The van der Waals surface area contributed by atoms with E-state index in [4.69, 9.17) is 39.9 Å². The summed E-state index contributed by atoms with van der Waals surface area (Å²) in [6, 6.07) is 12.1. The van der Waals surface area contributed by atoms with Crippen molar-refractivity contribution in [1.29, 1.82) is 0 Å². The predicted molar refractivity (Wildman–Crippen MR) is 111 cm³/mol. The highest BCUT2D eigenvalue weighted by Gasteiger charge is 2.13. The maximum absolute atomic E-state index is 11.1. The molecule has 27 heavy (non-hydrogen) atoms. The average Bonchev–Trinajstić information content (AvgIpc) is 2.89. The van der Waals surface area contributed by atoms with Crippen molar-refractivity contribution in [3.63, 3.8) is 0 Å². The van der Waals surface area contributed by atoms with Gasteiger partial charge in [0, 0.05) is 28.9 Å². The molecular formula is C20H15Cl3N2O2. The Kier molecular flexibility index (Phi) is 5.61. The van der Waals surface area contributed by atoms with Crippen molar-refractivity contribution in [3.05, 3.63) is 80.0 Å². The normalized spacial score (nSPS) is 11.3. The SMILES string of the molecule is Cc1cc(C=Nc2ccc(Cl)c(Cl)c2)c(C)n1-c1ccc(C(=O)O)c(Cl)c1. The fourth-order valence-electron chi connectivity index (χ4n) is 2.84. The van der Waals surface area contributed by atoms with Crippen LogP contribution >= 0.6 is 34.8 Å². The van der Waals surface area contributed by atoms with Gasteiger partial charge in [0.2, 0.25) is 0 Å². The zero-order chi connectivity index (χ0) is 19.7. The van der Waals surface area contributed by atoms with Crippen LogP contribution in [0.1, 0.15) is 27.3 Å². The molecule has 138 valence electrons. The van der Waals surface area contributed by atoms with Gasteiger partial charge in [-0.25, -0.2) is 4.79 Å². The smallest absolute Gasteiger partial charge is 0.337 e. The fraction of sp³-hybridized carbons (Fsp3) is 0.100. The molecule has 0 amide bonds. The van der Waals surface area contributed by atoms with Crippen LogP contribution in [0.2, 0.25) is 15.1 Å². The lowest BCUT2D eigenvalue weighted by Crippen LogP contribution is -2.02. The molecule has 0 aliphatic rings. The number of aromatic carboxylic acids is 1. The maximum atomic E-state index is 11.1. The number of hydrogen-bond donors (Lipinski definition) is 1. The Labute approximate surface area is 171 Å². The number of aromatic nitrogens is 1. The molecule has 0 saturated heterocycles. The summed E-state index contributed by atoms with van der Waals surface area (Å²) in [5.74, 6) is -1.05. The lowest BCUT2D eigenvalue weighted by Gasteiger charge is -2.11. The third-order valence-electron chi connectivity index (χ3n) is 4.17. The van der Waals surface area contributed by atoms with Crippen molar-refractivity contribution in [2.24, 2.45) is 4.99 Å². The minimum atomic E-state index is -1.05. The highest BCUT2D eigenvalue weighted by molar-refractivity contribution is 6.42. The fourth-order valence-corrected chi connectivity index (χ4v) is 3.39. The highest BCUT2D eigenvalue weighted by atomic mass is 35.5. The Hall–Kier alpha value is -2.27. The second-order valence-corrected chi connectivity index (χ2v) is 7.21. The van der Waals surface area contributed by atoms with Gasteiger partial charge in [-0.05, 0) is 56.3 Å². The summed E-state index contributed by atoms with van der Waals surface area (Å²) in [6.07, 6.45) is 1.76. The molecule has 0 aliphatic heterocycles. The van der Waals surface area contributed by atoms with Gasteiger partial charge >= 0.3 is 5.97 Å². The lowest BCUT2D eigenvalue weighted by molar-refractivity contribution is 0.0697. The van der Waals surface area contributed by atoms with Crippen molar-refractivity contribution in [2.75, 3.05) is 0 Å². The number of nitrogens with zero attached hydrogens (tertiary/aromatic N) is 2. The van der Waals surface area contributed by atoms with Crippen LogP contribution in [0.15, 0.2) is 47.5 Å². The van der Waals surface area contributed by atoms with Crippen molar-refractivity contribution in [3.8, 4) is 5.69 Å². The summed E-state index contributed by atoms with van der Waals surface area (Å²) in [4.78, 5) is 15.6. The van der Waals surface area contributed by atoms with Crippen molar-refractivity contribution in [2.45, 2.75) is 13.8 Å². The Balaban J connectivity index is 1.97. The van der Waals surface area contributed by atoms with E-state index in [0.717, 1.165) is 22.6 Å². The topological polar surface area (TPSA) is 54.6 Å². The van der Waals surface area contributed by atoms with Gasteiger partial charge in [0.05, 0.1) is 26.3 Å². The Morgan fingerprint density at radius 2 is 1.74 bits per heavy atom. The highest BCUT2D eigenvalue weighted by Crippen LogP contribution is 2.28. The first-order valence-corrected chi connectivity index (χ1v) is 9.12. The molecule has 0 bridgehead atoms. The summed E-state index contributed by atoms with van der Waals surface area (Å²) in [7, 11) is 0. The molecule has 4 nitrogen and oxygen atoms in total. The van der Waals surface area contributed by atoms with E-state index in [9.17, 15) is 4.79 Å². The summed E-state index contributed by atoms with van der Waals surface area (Å²) in [5.41, 5.74) is 4.41. The summed E-state index contributed by atoms with van der Waals surface area (Å²) >= 11 is 18.1. The van der Waals surface area contributed by atoms with Gasteiger partial charge < -0.3 is 9.67 Å². The van der Waals surface area contributed by atoms with Crippen molar-refractivity contribution < 1.29 is 9.90 Å². The van der Waals surface area contributed by atoms with Crippen LogP contribution in [0.25, 0.3) is 5.69 Å². The summed E-state index contributed by atoms with van der Waals surface area (Å²) in [5, 5.41) is 10.3. The number of carbonyl (C=O) groups is 1. The summed E-state index contributed by atoms with van der Waals surface area (Å²) in [6.45, 7) is 3.92. The van der Waals surface area contributed by atoms with Gasteiger partial charge in [0.15, 0.2) is 0 Å². The van der Waals surface area contributed by atoms with Crippen LogP contribution in [0.5, 0.6) is 0 Å². The number of benzene rings is 2. The van der Waals surface area contributed by atoms with Gasteiger partial charge in [-0.3, -0.25) is 4.99 Å². The second kappa shape index (κ2) is 7.77. The van der Waals surface area contributed by atoms with Crippen LogP contribution in [0.3, 0.4) is 0 Å². The van der Waals surface area contributed by atoms with Crippen LogP contribution < -0.4 is 0 Å². The van der Waals surface area contributed by atoms with Gasteiger partial charge in [-0.2, -0.15) is 0 Å². The molecule has 0 fully saturated rings. The van der Waals surface area contributed by atoms with Gasteiger partial charge in [0.25, 0.3) is 0 Å². The molecule has 0 saturated carbocycles. The quantitative estimate of drug-likeness (QED) is 0.489. The first-order chi connectivity index (χ1) is 12.8. The molecule has 3 rings (SSSR count). The van der Waals surface area contributed by atoms with Crippen LogP contribution in [0, 0.1) is 13.8 Å². The number of rotatable bonds is 4. The largest absolute Gasteiger partial charge is 0.478 e. The van der Waals surface area contributed by atoms with E-state index in [1.165, 1.54) is 6.07 Å². The van der Waals surface area contributed by atoms with E-state index in [0.29, 0.717) is 15.7 Å². The first-order valence-electron chi connectivity index (χ1n) is 7.99. The molecular weight excluding hydrogens is 407 g/mol. The first kappa shape index (κ1) is 19.5. The average molecular weight is 422 g/mol. The van der Waals surface area contributed by atoms with E-state index in [-0.39, 0.29) is 10.6 Å². The zero-order valence-corrected chi connectivity index (χ0v) is 16.8. The van der Waals surface area contributed by atoms with Crippen molar-refractivity contribution in [1.82, 2.24) is 4.57 Å². The molecule has 7 heteroatoms. The number of aliphatic imine (C=N–C) groups is 1. The molecule has 1 N–H and O–H groups in total. The Bertz CT molecular complexity index is 1070.